The molecule has 0 N–H and O–H groups in total. The van der Waals surface area contributed by atoms with E-state index in [0.717, 1.165) is 5.56 Å². The molecule has 2 aromatic heterocycles. The van der Waals surface area contributed by atoms with Crippen LogP contribution in [0.3, 0.4) is 0 Å². The van der Waals surface area contributed by atoms with Gasteiger partial charge in [-0.05, 0) is 47.5 Å². The van der Waals surface area contributed by atoms with Crippen LogP contribution in [0, 0.1) is 0 Å². The molecule has 0 aliphatic carbocycles. The molecule has 2 heterocycles. The maximum atomic E-state index is 12.3. The third-order valence-corrected chi connectivity index (χ3v) is 4.13. The number of halogens is 3. The summed E-state index contributed by atoms with van der Waals surface area (Å²) < 4.78 is 47.5. The Hall–Kier alpha value is -3.55. The Morgan fingerprint density at radius 2 is 1.75 bits per heavy atom. The fraction of sp³-hybridized carbons (Fsp3) is 0.100. The number of alkyl halides is 3. The maximum Gasteiger partial charge on any atom is 0.573 e. The first kappa shape index (κ1) is 17.8. The highest BCUT2D eigenvalue weighted by Gasteiger charge is 2.30. The standard InChI is InChI=1S/C20H13F3N2O3/c21-20(22,23)28-16-7-4-13(5-8-16)14-6-9-18-17(11-14)25(19(26)27-18)12-15-3-1-2-10-24-15/h1-11H,12H2. The van der Waals surface area contributed by atoms with Gasteiger partial charge in [-0.3, -0.25) is 9.55 Å². The van der Waals surface area contributed by atoms with Crippen LogP contribution in [0.1, 0.15) is 5.69 Å². The predicted octanol–water partition coefficient (Wildman–Crippen LogP) is 4.60. The fourth-order valence-corrected chi connectivity index (χ4v) is 2.89. The Labute approximate surface area is 156 Å². The average molecular weight is 386 g/mol. The van der Waals surface area contributed by atoms with Crippen LogP contribution in [0.2, 0.25) is 0 Å². The number of fused-ring (bicyclic) bond motifs is 1. The summed E-state index contributed by atoms with van der Waals surface area (Å²) in [5.74, 6) is -0.806. The van der Waals surface area contributed by atoms with Crippen LogP contribution in [-0.2, 0) is 6.54 Å². The average Bonchev–Trinajstić information content (AvgIpc) is 2.97. The highest BCUT2D eigenvalue weighted by atomic mass is 19.4. The Kier molecular flexibility index (Phi) is 4.38. The minimum atomic E-state index is -4.74. The Balaban J connectivity index is 1.69. The van der Waals surface area contributed by atoms with Gasteiger partial charge in [-0.25, -0.2) is 4.79 Å². The van der Waals surface area contributed by atoms with Gasteiger partial charge in [0.2, 0.25) is 0 Å². The molecule has 0 amide bonds. The number of aromatic nitrogens is 2. The van der Waals surface area contributed by atoms with E-state index in [1.165, 1.54) is 28.8 Å². The molecule has 0 bridgehead atoms. The molecule has 4 rings (SSSR count). The molecule has 0 unspecified atom stereocenters. The van der Waals surface area contributed by atoms with Gasteiger partial charge in [0, 0.05) is 6.20 Å². The van der Waals surface area contributed by atoms with Crippen LogP contribution in [-0.4, -0.2) is 15.9 Å². The molecule has 5 nitrogen and oxygen atoms in total. The summed E-state index contributed by atoms with van der Waals surface area (Å²) in [6, 6.07) is 16.1. The second-order valence-corrected chi connectivity index (χ2v) is 6.03. The second kappa shape index (κ2) is 6.88. The predicted molar refractivity (Wildman–Crippen MR) is 95.9 cm³/mol. The number of rotatable bonds is 4. The Morgan fingerprint density at radius 1 is 1.00 bits per heavy atom. The number of ether oxygens (including phenoxy) is 1. The van der Waals surface area contributed by atoms with Gasteiger partial charge in [-0.1, -0.05) is 24.3 Å². The minimum Gasteiger partial charge on any atom is -0.408 e. The van der Waals surface area contributed by atoms with E-state index in [1.54, 1.807) is 36.5 Å². The van der Waals surface area contributed by atoms with Gasteiger partial charge in [0.05, 0.1) is 17.8 Å². The lowest BCUT2D eigenvalue weighted by molar-refractivity contribution is -0.274. The zero-order valence-electron chi connectivity index (χ0n) is 14.3. The molecule has 8 heteroatoms. The Morgan fingerprint density at radius 3 is 2.43 bits per heavy atom. The number of oxazole rings is 1. The van der Waals surface area contributed by atoms with Crippen molar-refractivity contribution >= 4 is 11.1 Å². The minimum absolute atomic E-state index is 0.245. The number of benzene rings is 2. The van der Waals surface area contributed by atoms with Gasteiger partial charge in [0.15, 0.2) is 5.58 Å². The maximum absolute atomic E-state index is 12.3. The van der Waals surface area contributed by atoms with E-state index < -0.39 is 12.1 Å². The van der Waals surface area contributed by atoms with Gasteiger partial charge in [-0.2, -0.15) is 0 Å². The number of hydrogen-bond acceptors (Lipinski definition) is 4. The van der Waals surface area contributed by atoms with Crippen LogP contribution in [0.25, 0.3) is 22.2 Å². The molecule has 0 atom stereocenters. The summed E-state index contributed by atoms with van der Waals surface area (Å²) in [4.78, 5) is 16.4. The third-order valence-electron chi connectivity index (χ3n) is 4.13. The van der Waals surface area contributed by atoms with Crippen LogP contribution in [0.4, 0.5) is 13.2 Å². The summed E-state index contributed by atoms with van der Waals surface area (Å²) in [5, 5.41) is 0. The lowest BCUT2D eigenvalue weighted by Gasteiger charge is -2.09. The summed E-state index contributed by atoms with van der Waals surface area (Å²) in [5.41, 5.74) is 3.09. The Bertz CT molecular complexity index is 1160. The smallest absolute Gasteiger partial charge is 0.408 e. The molecule has 0 saturated heterocycles. The highest BCUT2D eigenvalue weighted by molar-refractivity contribution is 5.80. The number of nitrogens with zero attached hydrogens (tertiary/aromatic N) is 2. The molecule has 0 aliphatic rings. The molecule has 0 spiro atoms. The topological polar surface area (TPSA) is 57.3 Å². The quantitative estimate of drug-likeness (QED) is 0.514. The number of hydrogen-bond donors (Lipinski definition) is 0. The zero-order chi connectivity index (χ0) is 19.7. The molecule has 0 aliphatic heterocycles. The van der Waals surface area contributed by atoms with Crippen LogP contribution in [0.5, 0.6) is 5.75 Å². The number of pyridine rings is 1. The van der Waals surface area contributed by atoms with E-state index in [1.807, 2.05) is 6.07 Å². The molecule has 0 fully saturated rings. The van der Waals surface area contributed by atoms with Crippen molar-refractivity contribution in [1.29, 1.82) is 0 Å². The van der Waals surface area contributed by atoms with Crippen molar-refractivity contribution in [2.45, 2.75) is 12.9 Å². The summed E-state index contributed by atoms with van der Waals surface area (Å²) >= 11 is 0. The van der Waals surface area contributed by atoms with Crippen molar-refractivity contribution in [2.24, 2.45) is 0 Å². The van der Waals surface area contributed by atoms with Crippen LogP contribution >= 0.6 is 0 Å². The molecule has 142 valence electrons. The van der Waals surface area contributed by atoms with Crippen molar-refractivity contribution in [3.05, 3.63) is 83.1 Å². The van der Waals surface area contributed by atoms with Crippen molar-refractivity contribution in [3.8, 4) is 16.9 Å². The fourth-order valence-electron chi connectivity index (χ4n) is 2.89. The van der Waals surface area contributed by atoms with Crippen molar-refractivity contribution in [1.82, 2.24) is 9.55 Å². The molecule has 2 aromatic carbocycles. The lowest BCUT2D eigenvalue weighted by atomic mass is 10.1. The van der Waals surface area contributed by atoms with E-state index in [2.05, 4.69) is 9.72 Å². The van der Waals surface area contributed by atoms with Crippen LogP contribution in [0.15, 0.2) is 76.1 Å². The largest absolute Gasteiger partial charge is 0.573 e. The molecule has 28 heavy (non-hydrogen) atoms. The van der Waals surface area contributed by atoms with E-state index in [-0.39, 0.29) is 12.3 Å². The van der Waals surface area contributed by atoms with Crippen molar-refractivity contribution in [3.63, 3.8) is 0 Å². The highest BCUT2D eigenvalue weighted by Crippen LogP contribution is 2.28. The lowest BCUT2D eigenvalue weighted by Crippen LogP contribution is -2.16. The molecule has 4 aromatic rings. The molecule has 0 radical (unpaired) electrons. The van der Waals surface area contributed by atoms with Crippen molar-refractivity contribution in [2.75, 3.05) is 0 Å². The SMILES string of the molecule is O=c1oc2ccc(-c3ccc(OC(F)(F)F)cc3)cc2n1Cc1ccccn1. The normalized spacial score (nSPS) is 11.7. The van der Waals surface area contributed by atoms with Gasteiger partial charge in [0.25, 0.3) is 0 Å². The molecule has 0 saturated carbocycles. The summed E-state index contributed by atoms with van der Waals surface area (Å²) in [6.45, 7) is 0.245. The van der Waals surface area contributed by atoms with Gasteiger partial charge >= 0.3 is 12.1 Å². The van der Waals surface area contributed by atoms with Gasteiger partial charge in [-0.15, -0.1) is 13.2 Å². The molecular formula is C20H13F3N2O3. The zero-order valence-corrected chi connectivity index (χ0v) is 14.3. The van der Waals surface area contributed by atoms with Crippen LogP contribution < -0.4 is 10.5 Å². The first-order valence-electron chi connectivity index (χ1n) is 8.28. The summed E-state index contributed by atoms with van der Waals surface area (Å²) in [7, 11) is 0. The van der Waals surface area contributed by atoms with E-state index in [9.17, 15) is 18.0 Å². The first-order chi connectivity index (χ1) is 13.4. The van der Waals surface area contributed by atoms with E-state index >= 15 is 0 Å². The third kappa shape index (κ3) is 3.75. The second-order valence-electron chi connectivity index (χ2n) is 6.03. The van der Waals surface area contributed by atoms with Crippen molar-refractivity contribution < 1.29 is 22.3 Å². The first-order valence-corrected chi connectivity index (χ1v) is 8.28. The molecular weight excluding hydrogens is 373 g/mol. The van der Waals surface area contributed by atoms with E-state index in [0.29, 0.717) is 22.4 Å². The van der Waals surface area contributed by atoms with E-state index in [4.69, 9.17) is 4.42 Å². The summed E-state index contributed by atoms with van der Waals surface area (Å²) in [6.07, 6.45) is -3.10. The van der Waals surface area contributed by atoms with Gasteiger partial charge in [0.1, 0.15) is 5.75 Å². The van der Waals surface area contributed by atoms with Gasteiger partial charge < -0.3 is 9.15 Å². The monoisotopic (exact) mass is 386 g/mol.